The van der Waals surface area contributed by atoms with Crippen LogP contribution in [0.1, 0.15) is 40.9 Å². The molecule has 4 heterocycles. The number of aliphatic hydroxyl groups is 1. The van der Waals surface area contributed by atoms with Crippen LogP contribution in [0.2, 0.25) is 0 Å². The summed E-state index contributed by atoms with van der Waals surface area (Å²) in [6.07, 6.45) is 4.30. The number of likely N-dealkylation sites (N-methyl/N-ethyl adjacent to an activating group) is 1. The number of aliphatic hydroxyl groups excluding tert-OH is 1. The lowest BCUT2D eigenvalue weighted by Gasteiger charge is -2.33. The van der Waals surface area contributed by atoms with Crippen molar-refractivity contribution in [3.05, 3.63) is 71.0 Å². The highest BCUT2D eigenvalue weighted by atomic mass is 16.5. The predicted octanol–water partition coefficient (Wildman–Crippen LogP) is 4.38. The molecule has 9 heteroatoms. The number of ether oxygens (including phenoxy) is 1. The number of amides is 1. The minimum absolute atomic E-state index is 0.0889. The van der Waals surface area contributed by atoms with Crippen molar-refractivity contribution in [2.75, 3.05) is 59.5 Å². The molecule has 4 aromatic rings. The fourth-order valence-corrected chi connectivity index (χ4v) is 6.26. The van der Waals surface area contributed by atoms with E-state index in [1.165, 1.54) is 16.7 Å². The van der Waals surface area contributed by atoms with Gasteiger partial charge in [-0.15, -0.1) is 0 Å². The van der Waals surface area contributed by atoms with Gasteiger partial charge in [-0.05, 0) is 65.8 Å². The van der Waals surface area contributed by atoms with Crippen LogP contribution < -0.4 is 0 Å². The number of aromatic amines is 1. The first-order chi connectivity index (χ1) is 21.3. The van der Waals surface area contributed by atoms with E-state index in [2.05, 4.69) is 33.8 Å². The van der Waals surface area contributed by atoms with Gasteiger partial charge in [-0.1, -0.05) is 26.0 Å². The zero-order chi connectivity index (χ0) is 30.8. The van der Waals surface area contributed by atoms with Crippen LogP contribution in [0, 0.1) is 12.8 Å². The van der Waals surface area contributed by atoms with Crippen LogP contribution in [0.5, 0.6) is 0 Å². The average molecular weight is 597 g/mol. The number of benzene rings is 2. The Morgan fingerprint density at radius 3 is 2.57 bits per heavy atom. The van der Waals surface area contributed by atoms with Crippen molar-refractivity contribution in [2.24, 2.45) is 5.92 Å². The summed E-state index contributed by atoms with van der Waals surface area (Å²) in [6.45, 7) is 14.3. The van der Waals surface area contributed by atoms with Gasteiger partial charge in [-0.3, -0.25) is 14.6 Å². The van der Waals surface area contributed by atoms with E-state index in [1.807, 2.05) is 50.5 Å². The molecule has 2 N–H and O–H groups in total. The number of fused-ring (bicyclic) bond motifs is 2. The summed E-state index contributed by atoms with van der Waals surface area (Å²) >= 11 is 0. The number of hydrogen-bond acceptors (Lipinski definition) is 7. The molecule has 0 saturated carbocycles. The summed E-state index contributed by atoms with van der Waals surface area (Å²) in [5.41, 5.74) is 10.1. The van der Waals surface area contributed by atoms with Gasteiger partial charge in [0.15, 0.2) is 5.65 Å². The molecule has 232 valence electrons. The summed E-state index contributed by atoms with van der Waals surface area (Å²) in [4.78, 5) is 32.7. The van der Waals surface area contributed by atoms with E-state index in [1.54, 1.807) is 11.9 Å². The van der Waals surface area contributed by atoms with E-state index in [-0.39, 0.29) is 11.8 Å². The Morgan fingerprint density at radius 1 is 1.07 bits per heavy atom. The summed E-state index contributed by atoms with van der Waals surface area (Å²) in [5.74, 6) is -0.0225. The highest BCUT2D eigenvalue weighted by Gasteiger charge is 2.22. The molecule has 0 bridgehead atoms. The third kappa shape index (κ3) is 6.56. The number of hydrogen-bond donors (Lipinski definition) is 2. The lowest BCUT2D eigenvalue weighted by atomic mass is 9.92. The highest BCUT2D eigenvalue weighted by molar-refractivity contribution is 5.96. The quantitative estimate of drug-likeness (QED) is 0.296. The Morgan fingerprint density at radius 2 is 1.82 bits per heavy atom. The Labute approximate surface area is 259 Å². The average Bonchev–Trinajstić information content (AvgIpc) is 3.47. The zero-order valence-corrected chi connectivity index (χ0v) is 26.3. The van der Waals surface area contributed by atoms with E-state index in [4.69, 9.17) is 14.7 Å². The molecule has 44 heavy (non-hydrogen) atoms. The minimum Gasteiger partial charge on any atom is -0.391 e. The van der Waals surface area contributed by atoms with Crippen molar-refractivity contribution < 1.29 is 14.6 Å². The molecule has 1 amide bonds. The van der Waals surface area contributed by atoms with Crippen LogP contribution in [0.3, 0.4) is 0 Å². The predicted molar refractivity (Wildman–Crippen MR) is 174 cm³/mol. The Balaban J connectivity index is 1.20. The SMILES string of the molecule is Cc1cc(-c2cnc3[nH]cc(-c4ccc(C(=O)N(C)C[C@H](O)C(C)C)cc4)c3n2)cc2c1CCN(CCN1CCOCC1)C2. The first-order valence-corrected chi connectivity index (χ1v) is 15.8. The number of carbonyl (C=O) groups excluding carboxylic acids is 1. The van der Waals surface area contributed by atoms with Gasteiger partial charge in [-0.2, -0.15) is 0 Å². The maximum Gasteiger partial charge on any atom is 0.253 e. The lowest BCUT2D eigenvalue weighted by Crippen LogP contribution is -2.42. The normalized spacial score (nSPS) is 16.8. The minimum atomic E-state index is -0.555. The summed E-state index contributed by atoms with van der Waals surface area (Å²) in [6, 6.07) is 12.1. The number of nitrogens with zero attached hydrogens (tertiary/aromatic N) is 5. The van der Waals surface area contributed by atoms with Crippen LogP contribution in [0.15, 0.2) is 48.8 Å². The summed E-state index contributed by atoms with van der Waals surface area (Å²) in [7, 11) is 1.73. The number of H-pyrrole nitrogens is 1. The fraction of sp³-hybridized carbons (Fsp3) is 0.457. The summed E-state index contributed by atoms with van der Waals surface area (Å²) < 4.78 is 5.51. The molecule has 2 aliphatic rings. The van der Waals surface area contributed by atoms with Gasteiger partial charge in [0.1, 0.15) is 5.52 Å². The standard InChI is InChI=1S/C35H44N6O3/c1-23(2)32(42)22-39(4)35(43)26-7-5-25(6-8-26)30-19-36-34-33(30)38-31(20-37-34)27-17-24(3)29-9-10-41(21-28(29)18-27)12-11-40-13-15-44-16-14-40/h5-8,17-20,23,32,42H,9-16,21-22H2,1-4H3,(H,36,37)/t32-/m0/s1. The molecular weight excluding hydrogens is 552 g/mol. The number of nitrogens with one attached hydrogen (secondary N) is 1. The number of aromatic nitrogens is 3. The van der Waals surface area contributed by atoms with Gasteiger partial charge in [0.25, 0.3) is 5.91 Å². The highest BCUT2D eigenvalue weighted by Crippen LogP contribution is 2.32. The number of rotatable bonds is 9. The molecule has 0 spiro atoms. The van der Waals surface area contributed by atoms with E-state index in [9.17, 15) is 9.90 Å². The fourth-order valence-electron chi connectivity index (χ4n) is 6.26. The molecule has 2 aromatic heterocycles. The van der Waals surface area contributed by atoms with Crippen LogP contribution >= 0.6 is 0 Å². The second kappa shape index (κ2) is 13.2. The third-order valence-corrected chi connectivity index (χ3v) is 9.17. The number of morpholine rings is 1. The maximum absolute atomic E-state index is 12.9. The zero-order valence-electron chi connectivity index (χ0n) is 26.3. The molecule has 2 aliphatic heterocycles. The van der Waals surface area contributed by atoms with Crippen LogP contribution in [0.25, 0.3) is 33.5 Å². The van der Waals surface area contributed by atoms with Crippen molar-refractivity contribution >= 4 is 17.1 Å². The van der Waals surface area contributed by atoms with Gasteiger partial charge < -0.3 is 19.7 Å². The third-order valence-electron chi connectivity index (χ3n) is 9.17. The maximum atomic E-state index is 12.9. The topological polar surface area (TPSA) is 97.8 Å². The molecule has 6 rings (SSSR count). The first kappa shape index (κ1) is 30.4. The van der Waals surface area contributed by atoms with Crippen molar-refractivity contribution in [3.8, 4) is 22.4 Å². The van der Waals surface area contributed by atoms with E-state index >= 15 is 0 Å². The van der Waals surface area contributed by atoms with Gasteiger partial charge in [0.05, 0.1) is 31.2 Å². The molecule has 0 aliphatic carbocycles. The summed E-state index contributed by atoms with van der Waals surface area (Å²) in [5, 5.41) is 10.2. The van der Waals surface area contributed by atoms with Gasteiger partial charge in [0, 0.05) is 75.7 Å². The molecule has 1 saturated heterocycles. The van der Waals surface area contributed by atoms with Crippen molar-refractivity contribution in [3.63, 3.8) is 0 Å². The van der Waals surface area contributed by atoms with Gasteiger partial charge >= 0.3 is 0 Å². The smallest absolute Gasteiger partial charge is 0.253 e. The van der Waals surface area contributed by atoms with E-state index in [0.29, 0.717) is 12.1 Å². The monoisotopic (exact) mass is 596 g/mol. The Bertz CT molecular complexity index is 1610. The van der Waals surface area contributed by atoms with Crippen molar-refractivity contribution in [1.82, 2.24) is 29.7 Å². The Kier molecular flexibility index (Phi) is 9.09. The Hall–Kier alpha value is -3.63. The number of aryl methyl sites for hydroxylation is 1. The second-order valence-corrected chi connectivity index (χ2v) is 12.6. The largest absolute Gasteiger partial charge is 0.391 e. The lowest BCUT2D eigenvalue weighted by molar-refractivity contribution is 0.0326. The molecule has 0 unspecified atom stereocenters. The van der Waals surface area contributed by atoms with Crippen molar-refractivity contribution in [1.29, 1.82) is 0 Å². The van der Waals surface area contributed by atoms with Crippen LogP contribution in [-0.2, 0) is 17.7 Å². The van der Waals surface area contributed by atoms with Gasteiger partial charge in [0.2, 0.25) is 0 Å². The van der Waals surface area contributed by atoms with Gasteiger partial charge in [-0.25, -0.2) is 9.97 Å². The second-order valence-electron chi connectivity index (χ2n) is 12.6. The van der Waals surface area contributed by atoms with Crippen LogP contribution in [-0.4, -0.2) is 106 Å². The molecule has 0 radical (unpaired) electrons. The van der Waals surface area contributed by atoms with Crippen LogP contribution in [0.4, 0.5) is 0 Å². The number of carbonyl (C=O) groups is 1. The van der Waals surface area contributed by atoms with E-state index < -0.39 is 6.10 Å². The molecule has 1 atom stereocenters. The molecule has 9 nitrogen and oxygen atoms in total. The molecular formula is C35H44N6O3. The molecule has 2 aromatic carbocycles. The molecule has 1 fully saturated rings. The van der Waals surface area contributed by atoms with E-state index in [0.717, 1.165) is 92.5 Å². The van der Waals surface area contributed by atoms with Crippen molar-refractivity contribution in [2.45, 2.75) is 39.8 Å². The first-order valence-electron chi connectivity index (χ1n) is 15.8.